The SMILES string of the molecule is CCCCCCCN(CCCC)C(O)CC. The Hall–Kier alpha value is -0.0800. The fourth-order valence-corrected chi connectivity index (χ4v) is 1.95. The van der Waals surface area contributed by atoms with E-state index in [1.165, 1.54) is 44.9 Å². The van der Waals surface area contributed by atoms with Gasteiger partial charge in [0.05, 0.1) is 0 Å². The number of nitrogens with zero attached hydrogens (tertiary/aromatic N) is 1. The molecule has 1 atom stereocenters. The summed E-state index contributed by atoms with van der Waals surface area (Å²) in [5.74, 6) is 0. The smallest absolute Gasteiger partial charge is 0.107 e. The standard InChI is InChI=1S/C14H31NO/c1-4-7-9-10-11-13-15(12-8-5-2)14(16)6-3/h14,16H,4-13H2,1-3H3. The zero-order chi connectivity index (χ0) is 12.2. The first-order valence-corrected chi connectivity index (χ1v) is 7.18. The second-order valence-electron chi connectivity index (χ2n) is 4.69. The van der Waals surface area contributed by atoms with Crippen LogP contribution in [0.4, 0.5) is 0 Å². The van der Waals surface area contributed by atoms with Crippen LogP contribution in [0.1, 0.15) is 72.1 Å². The Morgan fingerprint density at radius 1 is 0.812 bits per heavy atom. The van der Waals surface area contributed by atoms with Crippen molar-refractivity contribution >= 4 is 0 Å². The number of aliphatic hydroxyl groups is 1. The Kier molecular flexibility index (Phi) is 11.3. The van der Waals surface area contributed by atoms with Gasteiger partial charge < -0.3 is 5.11 Å². The molecule has 0 rings (SSSR count). The average molecular weight is 229 g/mol. The van der Waals surface area contributed by atoms with Gasteiger partial charge in [-0.05, 0) is 19.3 Å². The van der Waals surface area contributed by atoms with Gasteiger partial charge in [-0.25, -0.2) is 0 Å². The molecule has 0 aliphatic rings. The molecule has 0 heterocycles. The topological polar surface area (TPSA) is 23.5 Å². The van der Waals surface area contributed by atoms with Crippen LogP contribution in [0.3, 0.4) is 0 Å². The number of hydrogen-bond acceptors (Lipinski definition) is 2. The molecule has 16 heavy (non-hydrogen) atoms. The summed E-state index contributed by atoms with van der Waals surface area (Å²) in [5, 5.41) is 9.87. The van der Waals surface area contributed by atoms with Crippen molar-refractivity contribution in [3.8, 4) is 0 Å². The van der Waals surface area contributed by atoms with Crippen LogP contribution in [0, 0.1) is 0 Å². The third kappa shape index (κ3) is 8.12. The van der Waals surface area contributed by atoms with E-state index in [-0.39, 0.29) is 6.23 Å². The number of hydrogen-bond donors (Lipinski definition) is 1. The van der Waals surface area contributed by atoms with E-state index < -0.39 is 0 Å². The lowest BCUT2D eigenvalue weighted by Gasteiger charge is -2.27. The van der Waals surface area contributed by atoms with Crippen LogP contribution in [0.15, 0.2) is 0 Å². The summed E-state index contributed by atoms with van der Waals surface area (Å²) >= 11 is 0. The van der Waals surface area contributed by atoms with Crippen molar-refractivity contribution in [2.45, 2.75) is 78.4 Å². The Labute approximate surface area is 102 Å². The molecule has 0 amide bonds. The minimum absolute atomic E-state index is 0.224. The van der Waals surface area contributed by atoms with Gasteiger partial charge in [0, 0.05) is 13.1 Å². The average Bonchev–Trinajstić information content (AvgIpc) is 2.31. The molecule has 0 aromatic carbocycles. The highest BCUT2D eigenvalue weighted by molar-refractivity contribution is 4.61. The highest BCUT2D eigenvalue weighted by Crippen LogP contribution is 2.08. The van der Waals surface area contributed by atoms with E-state index in [9.17, 15) is 5.11 Å². The summed E-state index contributed by atoms with van der Waals surface area (Å²) < 4.78 is 0. The Bertz CT molecular complexity index is 139. The molecule has 2 heteroatoms. The van der Waals surface area contributed by atoms with Crippen molar-refractivity contribution in [3.05, 3.63) is 0 Å². The zero-order valence-corrected chi connectivity index (χ0v) is 11.5. The van der Waals surface area contributed by atoms with Crippen molar-refractivity contribution in [1.82, 2.24) is 4.90 Å². The first kappa shape index (κ1) is 15.9. The highest BCUT2D eigenvalue weighted by Gasteiger charge is 2.11. The lowest BCUT2D eigenvalue weighted by Crippen LogP contribution is -2.36. The normalized spacial score (nSPS) is 13.3. The zero-order valence-electron chi connectivity index (χ0n) is 11.5. The van der Waals surface area contributed by atoms with Gasteiger partial charge in [-0.1, -0.05) is 52.9 Å². The third-order valence-electron chi connectivity index (χ3n) is 3.13. The molecule has 0 saturated carbocycles. The molecule has 2 nitrogen and oxygen atoms in total. The van der Waals surface area contributed by atoms with Gasteiger partial charge in [0.25, 0.3) is 0 Å². The lowest BCUT2D eigenvalue weighted by atomic mass is 10.1. The predicted molar refractivity (Wildman–Crippen MR) is 71.5 cm³/mol. The van der Waals surface area contributed by atoms with E-state index in [1.54, 1.807) is 0 Å². The van der Waals surface area contributed by atoms with E-state index in [1.807, 2.05) is 0 Å². The van der Waals surface area contributed by atoms with Crippen LogP contribution in [-0.4, -0.2) is 29.3 Å². The molecule has 0 fully saturated rings. The van der Waals surface area contributed by atoms with Crippen LogP contribution in [0.25, 0.3) is 0 Å². The summed E-state index contributed by atoms with van der Waals surface area (Å²) in [7, 11) is 0. The predicted octanol–water partition coefficient (Wildman–Crippen LogP) is 3.79. The van der Waals surface area contributed by atoms with Crippen LogP contribution in [0.5, 0.6) is 0 Å². The minimum atomic E-state index is -0.224. The second-order valence-corrected chi connectivity index (χ2v) is 4.69. The largest absolute Gasteiger partial charge is 0.378 e. The summed E-state index contributed by atoms with van der Waals surface area (Å²) in [6.07, 6.45) is 9.59. The first-order valence-electron chi connectivity index (χ1n) is 7.18. The molecule has 0 saturated heterocycles. The lowest BCUT2D eigenvalue weighted by molar-refractivity contribution is -0.000717. The number of aliphatic hydroxyl groups excluding tert-OH is 1. The summed E-state index contributed by atoms with van der Waals surface area (Å²) in [6.45, 7) is 8.63. The van der Waals surface area contributed by atoms with Gasteiger partial charge in [-0.2, -0.15) is 0 Å². The van der Waals surface area contributed by atoms with E-state index in [0.717, 1.165) is 19.5 Å². The van der Waals surface area contributed by atoms with Crippen LogP contribution < -0.4 is 0 Å². The van der Waals surface area contributed by atoms with Crippen LogP contribution in [-0.2, 0) is 0 Å². The molecule has 0 aromatic rings. The van der Waals surface area contributed by atoms with Crippen molar-refractivity contribution in [3.63, 3.8) is 0 Å². The number of rotatable bonds is 11. The van der Waals surface area contributed by atoms with Gasteiger partial charge in [-0.15, -0.1) is 0 Å². The minimum Gasteiger partial charge on any atom is -0.378 e. The molecule has 1 unspecified atom stereocenters. The Morgan fingerprint density at radius 3 is 1.94 bits per heavy atom. The van der Waals surface area contributed by atoms with E-state index in [2.05, 4.69) is 25.7 Å². The van der Waals surface area contributed by atoms with Crippen LogP contribution in [0.2, 0.25) is 0 Å². The number of unbranched alkanes of at least 4 members (excludes halogenated alkanes) is 5. The van der Waals surface area contributed by atoms with E-state index in [0.29, 0.717) is 0 Å². The van der Waals surface area contributed by atoms with E-state index in [4.69, 9.17) is 0 Å². The molecule has 0 bridgehead atoms. The van der Waals surface area contributed by atoms with Gasteiger partial charge in [0.15, 0.2) is 0 Å². The molecule has 0 radical (unpaired) electrons. The molecular weight excluding hydrogens is 198 g/mol. The fraction of sp³-hybridized carbons (Fsp3) is 1.00. The summed E-state index contributed by atoms with van der Waals surface area (Å²) in [5.41, 5.74) is 0. The maximum atomic E-state index is 9.87. The Morgan fingerprint density at radius 2 is 1.38 bits per heavy atom. The van der Waals surface area contributed by atoms with Crippen molar-refractivity contribution in [2.75, 3.05) is 13.1 Å². The molecule has 0 spiro atoms. The molecule has 0 aliphatic heterocycles. The third-order valence-corrected chi connectivity index (χ3v) is 3.13. The van der Waals surface area contributed by atoms with Crippen molar-refractivity contribution in [2.24, 2.45) is 0 Å². The van der Waals surface area contributed by atoms with Gasteiger partial charge in [0.1, 0.15) is 6.23 Å². The molecule has 98 valence electrons. The molecule has 0 aromatic heterocycles. The molecule has 1 N–H and O–H groups in total. The summed E-state index contributed by atoms with van der Waals surface area (Å²) in [6, 6.07) is 0. The van der Waals surface area contributed by atoms with Crippen molar-refractivity contribution < 1.29 is 5.11 Å². The molecule has 0 aliphatic carbocycles. The Balaban J connectivity index is 3.65. The summed E-state index contributed by atoms with van der Waals surface area (Å²) in [4.78, 5) is 2.25. The molecular formula is C14H31NO. The second kappa shape index (κ2) is 11.4. The van der Waals surface area contributed by atoms with Crippen molar-refractivity contribution in [1.29, 1.82) is 0 Å². The van der Waals surface area contributed by atoms with Gasteiger partial charge in [-0.3, -0.25) is 4.90 Å². The fourth-order valence-electron chi connectivity index (χ4n) is 1.95. The maximum absolute atomic E-state index is 9.87. The quantitative estimate of drug-likeness (QED) is 0.430. The van der Waals surface area contributed by atoms with Crippen LogP contribution >= 0.6 is 0 Å². The highest BCUT2D eigenvalue weighted by atomic mass is 16.3. The van der Waals surface area contributed by atoms with E-state index >= 15 is 0 Å². The van der Waals surface area contributed by atoms with Gasteiger partial charge in [0.2, 0.25) is 0 Å². The first-order chi connectivity index (χ1) is 7.76. The maximum Gasteiger partial charge on any atom is 0.107 e. The monoisotopic (exact) mass is 229 g/mol. The van der Waals surface area contributed by atoms with Gasteiger partial charge >= 0.3 is 0 Å².